The van der Waals surface area contributed by atoms with Crippen molar-refractivity contribution in [2.45, 2.75) is 30.9 Å². The van der Waals surface area contributed by atoms with Crippen LogP contribution in [0.25, 0.3) is 0 Å². The first-order chi connectivity index (χ1) is 6.11. The van der Waals surface area contributed by atoms with Gasteiger partial charge < -0.3 is 5.21 Å². The molecule has 0 amide bonds. The lowest BCUT2D eigenvalue weighted by molar-refractivity contribution is 0.314. The summed E-state index contributed by atoms with van der Waals surface area (Å²) in [5.41, 5.74) is 0.354. The normalized spacial score (nSPS) is 27.8. The fourth-order valence-corrected chi connectivity index (χ4v) is 3.25. The molecule has 0 aliphatic heterocycles. The molecule has 0 spiro atoms. The van der Waals surface area contributed by atoms with Gasteiger partial charge in [0, 0.05) is 0 Å². The lowest BCUT2D eigenvalue weighted by Gasteiger charge is -2.21. The van der Waals surface area contributed by atoms with Crippen LogP contribution < -0.4 is 0 Å². The van der Waals surface area contributed by atoms with Crippen molar-refractivity contribution < 1.29 is 13.6 Å². The van der Waals surface area contributed by atoms with E-state index in [0.717, 1.165) is 12.8 Å². The largest absolute Gasteiger partial charge is 0.411 e. The standard InChI is InChI=1S/C7H12ClNO3S/c8-5-13(11,12)7-4-2-1-3-6(7)9-10/h7,10H,1-5H2/b9-6+. The third-order valence-electron chi connectivity index (χ3n) is 2.23. The predicted octanol–water partition coefficient (Wildman–Crippen LogP) is 1.37. The first-order valence-electron chi connectivity index (χ1n) is 4.10. The molecule has 0 radical (unpaired) electrons. The average molecular weight is 226 g/mol. The van der Waals surface area contributed by atoms with Gasteiger partial charge in [0.05, 0.1) is 5.71 Å². The molecule has 76 valence electrons. The SMILES string of the molecule is O=S(=O)(CCl)C1CCCC/C1=N\O. The van der Waals surface area contributed by atoms with Crippen molar-refractivity contribution in [1.82, 2.24) is 0 Å². The van der Waals surface area contributed by atoms with Crippen LogP contribution in [0.5, 0.6) is 0 Å². The molecule has 1 aliphatic rings. The topological polar surface area (TPSA) is 66.7 Å². The Morgan fingerprint density at radius 2 is 2.23 bits per heavy atom. The highest BCUT2D eigenvalue weighted by Crippen LogP contribution is 2.22. The monoisotopic (exact) mass is 225 g/mol. The Bertz CT molecular complexity index is 299. The van der Waals surface area contributed by atoms with Crippen molar-refractivity contribution in [2.24, 2.45) is 5.16 Å². The van der Waals surface area contributed by atoms with Crippen molar-refractivity contribution >= 4 is 27.1 Å². The van der Waals surface area contributed by atoms with Crippen molar-refractivity contribution in [2.75, 3.05) is 5.21 Å². The zero-order valence-electron chi connectivity index (χ0n) is 7.11. The van der Waals surface area contributed by atoms with Gasteiger partial charge in [-0.15, -0.1) is 11.6 Å². The molecule has 1 saturated carbocycles. The minimum Gasteiger partial charge on any atom is -0.411 e. The molecule has 1 rings (SSSR count). The van der Waals surface area contributed by atoms with Crippen LogP contribution in [0.2, 0.25) is 0 Å². The van der Waals surface area contributed by atoms with Crippen LogP contribution in [0.3, 0.4) is 0 Å². The molecule has 6 heteroatoms. The molecule has 0 heterocycles. The summed E-state index contributed by atoms with van der Waals surface area (Å²) >= 11 is 5.32. The van der Waals surface area contributed by atoms with Crippen molar-refractivity contribution in [3.05, 3.63) is 0 Å². The van der Waals surface area contributed by atoms with Gasteiger partial charge in [0.15, 0.2) is 9.84 Å². The summed E-state index contributed by atoms with van der Waals surface area (Å²) in [6.07, 6.45) is 2.80. The number of hydrogen-bond acceptors (Lipinski definition) is 4. The van der Waals surface area contributed by atoms with Crippen LogP contribution in [-0.2, 0) is 9.84 Å². The van der Waals surface area contributed by atoms with Crippen molar-refractivity contribution in [1.29, 1.82) is 0 Å². The molecule has 1 fully saturated rings. The molecule has 0 aromatic rings. The summed E-state index contributed by atoms with van der Waals surface area (Å²) in [6, 6.07) is 0. The Morgan fingerprint density at radius 3 is 2.77 bits per heavy atom. The molecule has 13 heavy (non-hydrogen) atoms. The van der Waals surface area contributed by atoms with Gasteiger partial charge in [-0.2, -0.15) is 0 Å². The fourth-order valence-electron chi connectivity index (χ4n) is 1.54. The molecule has 0 aromatic carbocycles. The second-order valence-electron chi connectivity index (χ2n) is 3.10. The van der Waals surface area contributed by atoms with E-state index in [4.69, 9.17) is 16.8 Å². The highest BCUT2D eigenvalue weighted by Gasteiger charge is 2.32. The molecular weight excluding hydrogens is 214 g/mol. The average Bonchev–Trinajstić information content (AvgIpc) is 2.18. The number of sulfone groups is 1. The number of nitrogens with zero attached hydrogens (tertiary/aromatic N) is 1. The van der Waals surface area contributed by atoms with Gasteiger partial charge in [0.2, 0.25) is 0 Å². The lowest BCUT2D eigenvalue weighted by Crippen LogP contribution is -2.33. The molecule has 1 unspecified atom stereocenters. The predicted molar refractivity (Wildman–Crippen MR) is 51.1 cm³/mol. The summed E-state index contributed by atoms with van der Waals surface area (Å²) in [5.74, 6) is 0. The third kappa shape index (κ3) is 2.34. The molecule has 1 atom stereocenters. The van der Waals surface area contributed by atoms with E-state index < -0.39 is 20.3 Å². The number of oxime groups is 1. The van der Waals surface area contributed by atoms with E-state index in [2.05, 4.69) is 5.16 Å². The summed E-state index contributed by atoms with van der Waals surface area (Å²) in [6.45, 7) is 0. The minimum absolute atomic E-state index is 0.354. The number of hydrogen-bond donors (Lipinski definition) is 1. The Labute approximate surface area is 82.5 Å². The maximum absolute atomic E-state index is 11.4. The summed E-state index contributed by atoms with van der Waals surface area (Å²) < 4.78 is 22.8. The van der Waals surface area contributed by atoms with E-state index >= 15 is 0 Å². The first kappa shape index (κ1) is 10.8. The Balaban J connectivity index is 2.89. The van der Waals surface area contributed by atoms with Crippen LogP contribution in [0.15, 0.2) is 5.16 Å². The molecule has 1 N–H and O–H groups in total. The summed E-state index contributed by atoms with van der Waals surface area (Å²) in [7, 11) is -3.31. The first-order valence-corrected chi connectivity index (χ1v) is 6.35. The molecule has 4 nitrogen and oxygen atoms in total. The minimum atomic E-state index is -3.31. The Hall–Kier alpha value is -0.290. The van der Waals surface area contributed by atoms with Gasteiger partial charge in [0.1, 0.15) is 10.5 Å². The molecule has 0 saturated heterocycles. The van der Waals surface area contributed by atoms with Gasteiger partial charge >= 0.3 is 0 Å². The smallest absolute Gasteiger partial charge is 0.172 e. The Morgan fingerprint density at radius 1 is 1.54 bits per heavy atom. The van der Waals surface area contributed by atoms with Crippen molar-refractivity contribution in [3.63, 3.8) is 0 Å². The molecule has 0 bridgehead atoms. The highest BCUT2D eigenvalue weighted by molar-refractivity contribution is 7.93. The zero-order chi connectivity index (χ0) is 9.90. The van der Waals surface area contributed by atoms with E-state index in [1.54, 1.807) is 0 Å². The van der Waals surface area contributed by atoms with Crippen LogP contribution in [-0.4, -0.2) is 29.8 Å². The second kappa shape index (κ2) is 4.28. The van der Waals surface area contributed by atoms with Crippen LogP contribution in [0, 0.1) is 0 Å². The maximum atomic E-state index is 11.4. The zero-order valence-corrected chi connectivity index (χ0v) is 8.68. The Kier molecular flexibility index (Phi) is 3.55. The highest BCUT2D eigenvalue weighted by atomic mass is 35.5. The quantitative estimate of drug-likeness (QED) is 0.439. The number of alkyl halides is 1. The van der Waals surface area contributed by atoms with Gasteiger partial charge in [-0.25, -0.2) is 8.42 Å². The third-order valence-corrected chi connectivity index (χ3v) is 4.83. The van der Waals surface area contributed by atoms with Gasteiger partial charge in [-0.1, -0.05) is 11.6 Å². The molecule has 0 aromatic heterocycles. The van der Waals surface area contributed by atoms with E-state index in [-0.39, 0.29) is 0 Å². The van der Waals surface area contributed by atoms with Crippen LogP contribution in [0.4, 0.5) is 0 Å². The maximum Gasteiger partial charge on any atom is 0.172 e. The summed E-state index contributed by atoms with van der Waals surface area (Å²) in [5, 5.41) is 10.6. The molecular formula is C7H12ClNO3S. The van der Waals surface area contributed by atoms with Gasteiger partial charge in [-0.3, -0.25) is 0 Å². The van der Waals surface area contributed by atoms with Crippen LogP contribution in [0.1, 0.15) is 25.7 Å². The van der Waals surface area contributed by atoms with E-state index in [1.807, 2.05) is 0 Å². The lowest BCUT2D eigenvalue weighted by atomic mass is 9.98. The van der Waals surface area contributed by atoms with E-state index in [1.165, 1.54) is 0 Å². The van der Waals surface area contributed by atoms with Crippen LogP contribution >= 0.6 is 11.6 Å². The van der Waals surface area contributed by atoms with Crippen molar-refractivity contribution in [3.8, 4) is 0 Å². The van der Waals surface area contributed by atoms with E-state index in [0.29, 0.717) is 18.6 Å². The number of rotatable bonds is 2. The summed E-state index contributed by atoms with van der Waals surface area (Å²) in [4.78, 5) is 0. The fraction of sp³-hybridized carbons (Fsp3) is 0.857. The number of halogens is 1. The van der Waals surface area contributed by atoms with Gasteiger partial charge in [0.25, 0.3) is 0 Å². The van der Waals surface area contributed by atoms with Gasteiger partial charge in [-0.05, 0) is 19.3 Å². The second-order valence-corrected chi connectivity index (χ2v) is 5.87. The van der Waals surface area contributed by atoms with E-state index in [9.17, 15) is 8.42 Å². The molecule has 1 aliphatic carbocycles.